The lowest BCUT2D eigenvalue weighted by molar-refractivity contribution is -0.332. The molecule has 0 spiro atoms. The third-order valence-electron chi connectivity index (χ3n) is 13.1. The van der Waals surface area contributed by atoms with Gasteiger partial charge >= 0.3 is 5.97 Å². The van der Waals surface area contributed by atoms with Crippen LogP contribution in [0.5, 0.6) is 0 Å². The molecule has 0 aliphatic carbocycles. The average Bonchev–Trinajstić information content (AvgIpc) is 3.36. The maximum atomic E-state index is 13.0. The van der Waals surface area contributed by atoms with Crippen LogP contribution in [0.2, 0.25) is 0 Å². The zero-order valence-electron chi connectivity index (χ0n) is 43.5. The van der Waals surface area contributed by atoms with Gasteiger partial charge in [0.2, 0.25) is 0 Å². The van der Waals surface area contributed by atoms with Crippen LogP contribution in [0.1, 0.15) is 200 Å². The van der Waals surface area contributed by atoms with Crippen molar-refractivity contribution in [2.75, 3.05) is 33.0 Å². The summed E-state index contributed by atoms with van der Waals surface area (Å²) in [5.74, 6) is -0.378. The number of hydrogen-bond donors (Lipinski definition) is 7. The molecule has 70 heavy (non-hydrogen) atoms. The van der Waals surface area contributed by atoms with Gasteiger partial charge in [-0.05, 0) is 51.4 Å². The summed E-state index contributed by atoms with van der Waals surface area (Å²) < 4.78 is 34.3. The summed E-state index contributed by atoms with van der Waals surface area (Å²) >= 11 is 0. The number of esters is 1. The lowest BCUT2D eigenvalue weighted by Gasteiger charge is -2.42. The summed E-state index contributed by atoms with van der Waals surface area (Å²) in [6.07, 6.45) is 34.5. The summed E-state index contributed by atoms with van der Waals surface area (Å²) in [5.41, 5.74) is 0. The average molecular weight is 997 g/mol. The van der Waals surface area contributed by atoms with E-state index >= 15 is 0 Å². The fraction of sp³-hybridized carbons (Fsp3) is 0.839. The topological polar surface area (TPSA) is 214 Å². The second-order valence-electron chi connectivity index (χ2n) is 19.4. The van der Waals surface area contributed by atoms with Crippen molar-refractivity contribution in [1.29, 1.82) is 0 Å². The molecular weight excluding hydrogens is 897 g/mol. The van der Waals surface area contributed by atoms with Crippen molar-refractivity contribution in [3.63, 3.8) is 0 Å². The number of hydrogen-bond acceptors (Lipinski definition) is 14. The molecule has 0 aromatic carbocycles. The Labute approximate surface area is 422 Å². The molecule has 2 fully saturated rings. The van der Waals surface area contributed by atoms with Gasteiger partial charge in [-0.1, -0.05) is 191 Å². The Kier molecular flexibility index (Phi) is 39.7. The normalized spacial score (nSPS) is 25.8. The molecule has 2 aliphatic heterocycles. The van der Waals surface area contributed by atoms with E-state index in [9.17, 15) is 40.5 Å². The molecule has 11 unspecified atom stereocenters. The Morgan fingerprint density at radius 2 is 0.929 bits per heavy atom. The summed E-state index contributed by atoms with van der Waals surface area (Å²) in [6.45, 7) is 3.58. The molecule has 2 aliphatic rings. The molecule has 14 nitrogen and oxygen atoms in total. The van der Waals surface area contributed by atoms with Gasteiger partial charge in [0, 0.05) is 13.0 Å². The molecule has 0 saturated carbocycles. The molecule has 2 heterocycles. The minimum absolute atomic E-state index is 0.0586. The minimum Gasteiger partial charge on any atom is -0.457 e. The Bertz CT molecular complexity index is 1340. The first-order chi connectivity index (χ1) is 34.1. The monoisotopic (exact) mass is 997 g/mol. The van der Waals surface area contributed by atoms with Crippen LogP contribution in [0, 0.1) is 0 Å². The zero-order valence-corrected chi connectivity index (χ0v) is 43.5. The lowest BCUT2D eigenvalue weighted by Crippen LogP contribution is -2.61. The molecular formula is C56H100O14. The fourth-order valence-electron chi connectivity index (χ4n) is 8.63. The highest BCUT2D eigenvalue weighted by atomic mass is 16.7. The Morgan fingerprint density at radius 3 is 1.46 bits per heavy atom. The van der Waals surface area contributed by atoms with Gasteiger partial charge in [-0.25, -0.2) is 0 Å². The second kappa shape index (κ2) is 43.4. The van der Waals surface area contributed by atoms with Crippen molar-refractivity contribution in [1.82, 2.24) is 0 Å². The van der Waals surface area contributed by atoms with E-state index < -0.39 is 80.7 Å². The van der Waals surface area contributed by atoms with E-state index in [0.29, 0.717) is 13.0 Å². The van der Waals surface area contributed by atoms with E-state index in [2.05, 4.69) is 62.5 Å². The summed E-state index contributed by atoms with van der Waals surface area (Å²) in [6, 6.07) is 0. The van der Waals surface area contributed by atoms with Crippen molar-refractivity contribution in [3.05, 3.63) is 48.6 Å². The van der Waals surface area contributed by atoms with Crippen molar-refractivity contribution in [2.24, 2.45) is 0 Å². The molecule has 408 valence electrons. The van der Waals surface area contributed by atoms with Crippen molar-refractivity contribution in [3.8, 4) is 0 Å². The summed E-state index contributed by atoms with van der Waals surface area (Å²) in [7, 11) is 0. The maximum absolute atomic E-state index is 13.0. The van der Waals surface area contributed by atoms with Crippen LogP contribution in [0.15, 0.2) is 48.6 Å². The van der Waals surface area contributed by atoms with Crippen molar-refractivity contribution >= 4 is 5.97 Å². The van der Waals surface area contributed by atoms with E-state index in [-0.39, 0.29) is 25.6 Å². The molecule has 11 atom stereocenters. The number of carbonyl (C=O) groups excluding carboxylic acids is 1. The van der Waals surface area contributed by atoms with Crippen LogP contribution in [0.4, 0.5) is 0 Å². The number of aliphatic hydroxyl groups is 7. The number of rotatable bonds is 44. The Morgan fingerprint density at radius 1 is 0.486 bits per heavy atom. The van der Waals surface area contributed by atoms with Crippen LogP contribution in [0.25, 0.3) is 0 Å². The molecule has 0 aromatic rings. The van der Waals surface area contributed by atoms with E-state index in [1.54, 1.807) is 0 Å². The van der Waals surface area contributed by atoms with Gasteiger partial charge in [-0.3, -0.25) is 4.79 Å². The van der Waals surface area contributed by atoms with E-state index in [0.717, 1.165) is 70.6 Å². The van der Waals surface area contributed by atoms with Gasteiger partial charge < -0.3 is 64.2 Å². The van der Waals surface area contributed by atoms with E-state index in [1.807, 2.05) is 0 Å². The molecule has 0 radical (unpaired) electrons. The second-order valence-corrected chi connectivity index (χ2v) is 19.4. The van der Waals surface area contributed by atoms with Crippen molar-refractivity contribution < 1.29 is 69.0 Å². The maximum Gasteiger partial charge on any atom is 0.306 e. The molecule has 0 bridgehead atoms. The molecule has 2 rings (SSSR count). The highest BCUT2D eigenvalue weighted by Crippen LogP contribution is 2.26. The quantitative estimate of drug-likeness (QED) is 0.0172. The summed E-state index contributed by atoms with van der Waals surface area (Å²) in [5, 5.41) is 72.2. The summed E-state index contributed by atoms with van der Waals surface area (Å²) in [4.78, 5) is 13.0. The van der Waals surface area contributed by atoms with Crippen LogP contribution in [-0.4, -0.2) is 142 Å². The smallest absolute Gasteiger partial charge is 0.306 e. The van der Waals surface area contributed by atoms with Crippen molar-refractivity contribution in [2.45, 2.75) is 268 Å². The van der Waals surface area contributed by atoms with Gasteiger partial charge in [0.1, 0.15) is 54.9 Å². The predicted molar refractivity (Wildman–Crippen MR) is 275 cm³/mol. The van der Waals surface area contributed by atoms with Gasteiger partial charge in [-0.2, -0.15) is 0 Å². The van der Waals surface area contributed by atoms with Gasteiger partial charge in [-0.15, -0.1) is 0 Å². The highest BCUT2D eigenvalue weighted by Gasteiger charge is 2.47. The van der Waals surface area contributed by atoms with Gasteiger partial charge in [0.25, 0.3) is 0 Å². The Hall–Kier alpha value is -2.05. The van der Waals surface area contributed by atoms with Gasteiger partial charge in [0.05, 0.1) is 26.4 Å². The minimum atomic E-state index is -1.71. The SMILES string of the molecule is CC/C=C\C/C=C\C/C=C\C/C=C\CCCCCCCCCCCOCC(COC1OC(COC2OC(CO)C(O)C(O)C2O)C(O)C(O)C1O)OC(=O)CCCCCCCCCCCCCCCC. The highest BCUT2D eigenvalue weighted by molar-refractivity contribution is 5.69. The number of ether oxygens (including phenoxy) is 6. The number of aliphatic hydroxyl groups excluding tert-OH is 7. The molecule has 7 N–H and O–H groups in total. The zero-order chi connectivity index (χ0) is 50.9. The largest absolute Gasteiger partial charge is 0.457 e. The lowest BCUT2D eigenvalue weighted by atomic mass is 9.98. The predicted octanol–water partition coefficient (Wildman–Crippen LogP) is 9.13. The first kappa shape index (κ1) is 64.1. The number of allylic oxidation sites excluding steroid dienone is 8. The third kappa shape index (κ3) is 30.2. The van der Waals surface area contributed by atoms with E-state index in [4.69, 9.17) is 28.4 Å². The van der Waals surface area contributed by atoms with Crippen LogP contribution < -0.4 is 0 Å². The number of carbonyl (C=O) groups is 1. The van der Waals surface area contributed by atoms with Gasteiger partial charge in [0.15, 0.2) is 12.6 Å². The van der Waals surface area contributed by atoms with Crippen LogP contribution in [-0.2, 0) is 33.2 Å². The molecule has 14 heteroatoms. The molecule has 2 saturated heterocycles. The first-order valence-electron chi connectivity index (χ1n) is 27.7. The Balaban J connectivity index is 1.72. The third-order valence-corrected chi connectivity index (χ3v) is 13.1. The molecule has 0 amide bonds. The first-order valence-corrected chi connectivity index (χ1v) is 27.7. The fourth-order valence-corrected chi connectivity index (χ4v) is 8.63. The van der Waals surface area contributed by atoms with E-state index in [1.165, 1.54) is 103 Å². The van der Waals surface area contributed by atoms with Crippen LogP contribution >= 0.6 is 0 Å². The van der Waals surface area contributed by atoms with Crippen LogP contribution in [0.3, 0.4) is 0 Å². The molecule has 0 aromatic heterocycles. The number of unbranched alkanes of at least 4 members (excludes halogenated alkanes) is 22. The standard InChI is InChI=1S/C56H100O14/c1-3-5-7-9-11-13-15-17-19-20-21-22-23-24-25-26-28-30-32-34-36-38-40-65-42-45(68-48(58)39-37-35-33-31-29-27-18-16-14-12-10-8-6-4-2)43-66-55-54(64)52(62)50(60)47(70-55)44-67-56-53(63)51(61)49(59)46(41-57)69-56/h5,7,11,13,17,19,21-22,45-47,49-57,59-64H,3-4,6,8-10,12,14-16,18,20,23-44H2,1-2H3/b7-5-,13-11-,19-17-,22-21-.